The fraction of sp³-hybridized carbons (Fsp3) is 0.562. The summed E-state index contributed by atoms with van der Waals surface area (Å²) >= 11 is 3.83. The van der Waals surface area contributed by atoms with Crippen molar-refractivity contribution in [3.63, 3.8) is 0 Å². The van der Waals surface area contributed by atoms with Gasteiger partial charge in [-0.3, -0.25) is 4.79 Å². The molecule has 5 atom stereocenters. The molecule has 1 aromatic rings. The van der Waals surface area contributed by atoms with Crippen molar-refractivity contribution < 1.29 is 14.3 Å². The molecule has 2 heterocycles. The van der Waals surface area contributed by atoms with E-state index in [0.717, 1.165) is 17.0 Å². The van der Waals surface area contributed by atoms with E-state index in [-0.39, 0.29) is 29.5 Å². The number of rotatable bonds is 2. The number of anilines is 1. The van der Waals surface area contributed by atoms with Gasteiger partial charge in [0.2, 0.25) is 0 Å². The number of carbonyl (C=O) groups is 1. The summed E-state index contributed by atoms with van der Waals surface area (Å²) < 4.78 is 11.3. The Morgan fingerprint density at radius 2 is 2.05 bits per heavy atom. The van der Waals surface area contributed by atoms with Crippen molar-refractivity contribution in [1.82, 2.24) is 0 Å². The van der Waals surface area contributed by atoms with Crippen LogP contribution in [-0.4, -0.2) is 24.7 Å². The molecular weight excluding hydrogens is 334 g/mol. The van der Waals surface area contributed by atoms with Crippen LogP contribution in [0.4, 0.5) is 5.69 Å². The first kappa shape index (κ1) is 14.9. The average molecular weight is 354 g/mol. The lowest BCUT2D eigenvalue weighted by atomic mass is 9.84. The first-order chi connectivity index (χ1) is 9.97. The summed E-state index contributed by atoms with van der Waals surface area (Å²) in [6, 6.07) is 5.97. The molecule has 0 aromatic heterocycles. The second-order valence-electron chi connectivity index (χ2n) is 5.98. The van der Waals surface area contributed by atoms with Crippen LogP contribution in [0.3, 0.4) is 0 Å². The zero-order valence-corrected chi connectivity index (χ0v) is 14.0. The zero-order valence-electron chi connectivity index (χ0n) is 12.4. The lowest BCUT2D eigenvalue weighted by molar-refractivity contribution is -0.118. The van der Waals surface area contributed by atoms with Crippen molar-refractivity contribution in [3.05, 3.63) is 23.8 Å². The molecule has 114 valence electrons. The molecule has 1 saturated heterocycles. The maximum atomic E-state index is 11.4. The Morgan fingerprint density at radius 1 is 1.29 bits per heavy atom. The summed E-state index contributed by atoms with van der Waals surface area (Å²) in [5, 5.41) is 2.86. The van der Waals surface area contributed by atoms with Crippen LogP contribution in [-0.2, 0) is 9.53 Å². The molecule has 2 aliphatic rings. The Morgan fingerprint density at radius 3 is 2.71 bits per heavy atom. The molecule has 0 radical (unpaired) electrons. The molecule has 0 aliphatic carbocycles. The van der Waals surface area contributed by atoms with Crippen molar-refractivity contribution in [2.24, 2.45) is 11.8 Å². The molecule has 5 heteroatoms. The summed E-state index contributed by atoms with van der Waals surface area (Å²) in [6.07, 6.45) is 0.479. The number of carbonyl (C=O) groups excluding carboxylic acids is 1. The number of nitrogens with one attached hydrogen (secondary N) is 1. The number of ether oxygens (including phenoxy) is 2. The summed E-state index contributed by atoms with van der Waals surface area (Å²) in [4.78, 5) is 11.6. The topological polar surface area (TPSA) is 47.6 Å². The van der Waals surface area contributed by atoms with E-state index in [2.05, 4.69) is 48.1 Å². The Labute approximate surface area is 133 Å². The zero-order chi connectivity index (χ0) is 15.1. The second kappa shape index (κ2) is 5.61. The molecule has 3 rings (SSSR count). The van der Waals surface area contributed by atoms with E-state index < -0.39 is 0 Å². The number of halogens is 1. The van der Waals surface area contributed by atoms with Crippen molar-refractivity contribution in [1.29, 1.82) is 0 Å². The largest absolute Gasteiger partial charge is 0.482 e. The predicted molar refractivity (Wildman–Crippen MR) is 84.9 cm³/mol. The molecule has 1 amide bonds. The Balaban J connectivity index is 1.87. The van der Waals surface area contributed by atoms with Crippen LogP contribution >= 0.6 is 15.9 Å². The maximum absolute atomic E-state index is 11.4. The van der Waals surface area contributed by atoms with Gasteiger partial charge in [0.1, 0.15) is 5.75 Å². The third kappa shape index (κ3) is 2.69. The van der Waals surface area contributed by atoms with Gasteiger partial charge >= 0.3 is 0 Å². The minimum Gasteiger partial charge on any atom is -0.482 e. The van der Waals surface area contributed by atoms with Gasteiger partial charge in [0.05, 0.1) is 17.9 Å². The van der Waals surface area contributed by atoms with Crippen molar-refractivity contribution >= 4 is 27.5 Å². The predicted octanol–water partition coefficient (Wildman–Crippen LogP) is 3.51. The number of alkyl halides is 1. The van der Waals surface area contributed by atoms with Crippen LogP contribution in [0.1, 0.15) is 31.2 Å². The van der Waals surface area contributed by atoms with E-state index in [0.29, 0.717) is 11.8 Å². The van der Waals surface area contributed by atoms with Crippen LogP contribution < -0.4 is 10.1 Å². The molecule has 1 aromatic carbocycles. The van der Waals surface area contributed by atoms with E-state index in [9.17, 15) is 4.79 Å². The van der Waals surface area contributed by atoms with Gasteiger partial charge in [-0.15, -0.1) is 0 Å². The van der Waals surface area contributed by atoms with E-state index >= 15 is 0 Å². The van der Waals surface area contributed by atoms with Gasteiger partial charge in [-0.2, -0.15) is 0 Å². The standard InChI is InChI=1S/C16H20BrNO3/c1-8-9(2)21-10(3)15(8)16(17)11-4-5-13-12(6-11)18-14(19)7-20-13/h4-6,8-10,15-16H,7H2,1-3H3,(H,18,19). The number of hydrogen-bond donors (Lipinski definition) is 1. The first-order valence-electron chi connectivity index (χ1n) is 7.33. The highest BCUT2D eigenvalue weighted by Crippen LogP contribution is 2.46. The monoisotopic (exact) mass is 353 g/mol. The lowest BCUT2D eigenvalue weighted by Gasteiger charge is -2.26. The number of hydrogen-bond acceptors (Lipinski definition) is 3. The minimum absolute atomic E-state index is 0.0894. The van der Waals surface area contributed by atoms with Crippen molar-refractivity contribution in [3.8, 4) is 5.75 Å². The average Bonchev–Trinajstić information content (AvgIpc) is 2.70. The maximum Gasteiger partial charge on any atom is 0.262 e. The third-order valence-electron chi connectivity index (χ3n) is 4.61. The van der Waals surface area contributed by atoms with Crippen molar-refractivity contribution in [2.45, 2.75) is 37.8 Å². The number of benzene rings is 1. The molecule has 0 saturated carbocycles. The third-order valence-corrected chi connectivity index (χ3v) is 5.75. The van der Waals surface area contributed by atoms with E-state index in [1.54, 1.807) is 0 Å². The normalized spacial score (nSPS) is 33.0. The molecule has 0 bridgehead atoms. The van der Waals surface area contributed by atoms with Crippen LogP contribution in [0.5, 0.6) is 5.75 Å². The Hall–Kier alpha value is -1.07. The fourth-order valence-corrected chi connectivity index (χ4v) is 4.49. The SMILES string of the molecule is CC1OC(C)C(C(Br)c2ccc3c(c2)NC(=O)CO3)C1C. The highest BCUT2D eigenvalue weighted by atomic mass is 79.9. The highest BCUT2D eigenvalue weighted by Gasteiger charge is 2.41. The molecule has 2 aliphatic heterocycles. The van der Waals surface area contributed by atoms with Crippen LogP contribution in [0, 0.1) is 11.8 Å². The van der Waals surface area contributed by atoms with Gasteiger partial charge in [-0.1, -0.05) is 28.9 Å². The van der Waals surface area contributed by atoms with Crippen LogP contribution in [0.2, 0.25) is 0 Å². The van der Waals surface area contributed by atoms with Crippen LogP contribution in [0.25, 0.3) is 0 Å². The second-order valence-corrected chi connectivity index (χ2v) is 6.96. The van der Waals surface area contributed by atoms with E-state index in [4.69, 9.17) is 9.47 Å². The summed E-state index contributed by atoms with van der Waals surface area (Å²) in [5.74, 6) is 1.50. The molecule has 0 spiro atoms. The van der Waals surface area contributed by atoms with Crippen molar-refractivity contribution in [2.75, 3.05) is 11.9 Å². The van der Waals surface area contributed by atoms with Gasteiger partial charge in [0.15, 0.2) is 6.61 Å². The lowest BCUT2D eigenvalue weighted by Crippen LogP contribution is -2.26. The van der Waals surface area contributed by atoms with Gasteiger partial charge in [-0.05, 0) is 37.5 Å². The molecule has 21 heavy (non-hydrogen) atoms. The molecule has 1 fully saturated rings. The molecule has 5 unspecified atom stereocenters. The molecule has 1 N–H and O–H groups in total. The fourth-order valence-electron chi connectivity index (χ4n) is 3.29. The molecule has 4 nitrogen and oxygen atoms in total. The summed E-state index contributed by atoms with van der Waals surface area (Å²) in [7, 11) is 0. The molecular formula is C16H20BrNO3. The van der Waals surface area contributed by atoms with Gasteiger partial charge < -0.3 is 14.8 Å². The van der Waals surface area contributed by atoms with Gasteiger partial charge in [0.25, 0.3) is 5.91 Å². The highest BCUT2D eigenvalue weighted by molar-refractivity contribution is 9.09. The Bertz CT molecular complexity index is 562. The summed E-state index contributed by atoms with van der Waals surface area (Å²) in [6.45, 7) is 6.58. The van der Waals surface area contributed by atoms with Gasteiger partial charge in [-0.25, -0.2) is 0 Å². The number of amides is 1. The quantitative estimate of drug-likeness (QED) is 0.827. The van der Waals surface area contributed by atoms with E-state index in [1.807, 2.05) is 12.1 Å². The van der Waals surface area contributed by atoms with Crippen LogP contribution in [0.15, 0.2) is 18.2 Å². The minimum atomic E-state index is -0.106. The van der Waals surface area contributed by atoms with Gasteiger partial charge in [0, 0.05) is 10.7 Å². The first-order valence-corrected chi connectivity index (χ1v) is 8.25. The Kier molecular flexibility index (Phi) is 3.97. The smallest absolute Gasteiger partial charge is 0.262 e. The van der Waals surface area contributed by atoms with E-state index in [1.165, 1.54) is 0 Å². The number of fused-ring (bicyclic) bond motifs is 1. The summed E-state index contributed by atoms with van der Waals surface area (Å²) in [5.41, 5.74) is 1.89.